The lowest BCUT2D eigenvalue weighted by atomic mass is 9.79. The number of hydrogen-bond donors (Lipinski definition) is 0. The van der Waals surface area contributed by atoms with E-state index in [1.165, 1.54) is 0 Å². The molecule has 0 spiro atoms. The maximum atomic E-state index is 11.6. The van der Waals surface area contributed by atoms with Crippen LogP contribution in [0.5, 0.6) is 0 Å². The van der Waals surface area contributed by atoms with Crippen LogP contribution in [0.25, 0.3) is 0 Å². The summed E-state index contributed by atoms with van der Waals surface area (Å²) in [4.78, 5) is 11.6. The second-order valence-electron chi connectivity index (χ2n) is 6.96. The monoisotopic (exact) mass is 306 g/mol. The molecule has 0 aromatic carbocycles. The van der Waals surface area contributed by atoms with Crippen molar-refractivity contribution in [2.45, 2.75) is 64.4 Å². The van der Waals surface area contributed by atoms with Crippen molar-refractivity contribution >= 4 is 18.9 Å². The molecular formula is C15H23BN2O4. The highest BCUT2D eigenvalue weighted by Gasteiger charge is 2.53. The fourth-order valence-electron chi connectivity index (χ4n) is 2.80. The minimum Gasteiger partial charge on any atom is -0.399 e. The lowest BCUT2D eigenvalue weighted by molar-refractivity contribution is -0.0402. The average molecular weight is 306 g/mol. The molecule has 7 heteroatoms. The quantitative estimate of drug-likeness (QED) is 0.628. The molecule has 6 nitrogen and oxygen atoms in total. The molecule has 0 N–H and O–H groups in total. The highest BCUT2D eigenvalue weighted by atomic mass is 16.7. The van der Waals surface area contributed by atoms with E-state index >= 15 is 0 Å². The number of ether oxygens (including phenoxy) is 1. The first-order chi connectivity index (χ1) is 10.4. The topological polar surface area (TPSA) is 62.6 Å². The van der Waals surface area contributed by atoms with Crippen LogP contribution in [0.15, 0.2) is 6.20 Å². The van der Waals surface area contributed by atoms with Gasteiger partial charge in [0.1, 0.15) is 5.69 Å². The number of hydrogen-bond acceptors (Lipinski definition) is 5. The fraction of sp³-hybridized carbons (Fsp3) is 0.733. The van der Waals surface area contributed by atoms with Crippen LogP contribution in [0.3, 0.4) is 0 Å². The maximum Gasteiger partial charge on any atom is 0.498 e. The number of carbonyl (C=O) groups excluding carboxylic acids is 1. The third kappa shape index (κ3) is 2.51. The Balaban J connectivity index is 1.89. The van der Waals surface area contributed by atoms with E-state index in [4.69, 9.17) is 14.0 Å². The van der Waals surface area contributed by atoms with E-state index in [0.717, 1.165) is 25.5 Å². The molecule has 120 valence electrons. The first-order valence-electron chi connectivity index (χ1n) is 7.85. The Kier molecular flexibility index (Phi) is 3.91. The zero-order chi connectivity index (χ0) is 16.0. The molecule has 2 saturated heterocycles. The van der Waals surface area contributed by atoms with Crippen molar-refractivity contribution in [1.82, 2.24) is 9.78 Å². The van der Waals surface area contributed by atoms with Crippen molar-refractivity contribution in [3.63, 3.8) is 0 Å². The summed E-state index contributed by atoms with van der Waals surface area (Å²) < 4.78 is 19.4. The Labute approximate surface area is 131 Å². The van der Waals surface area contributed by atoms with Gasteiger partial charge < -0.3 is 14.0 Å². The van der Waals surface area contributed by atoms with Gasteiger partial charge in [0.05, 0.1) is 11.2 Å². The predicted molar refractivity (Wildman–Crippen MR) is 82.2 cm³/mol. The van der Waals surface area contributed by atoms with Crippen molar-refractivity contribution in [1.29, 1.82) is 0 Å². The van der Waals surface area contributed by atoms with Crippen LogP contribution in [0.2, 0.25) is 0 Å². The van der Waals surface area contributed by atoms with Gasteiger partial charge in [-0.3, -0.25) is 4.79 Å². The van der Waals surface area contributed by atoms with Crippen molar-refractivity contribution in [2.75, 3.05) is 6.61 Å². The van der Waals surface area contributed by atoms with Gasteiger partial charge in [0, 0.05) is 18.3 Å². The van der Waals surface area contributed by atoms with Crippen LogP contribution in [0.1, 0.15) is 63.7 Å². The van der Waals surface area contributed by atoms with E-state index in [9.17, 15) is 4.79 Å². The summed E-state index contributed by atoms with van der Waals surface area (Å²) in [7, 11) is -0.581. The van der Waals surface area contributed by atoms with Gasteiger partial charge >= 0.3 is 7.12 Å². The minimum absolute atomic E-state index is 0.176. The molecule has 2 fully saturated rings. The molecule has 0 amide bonds. The van der Waals surface area contributed by atoms with Gasteiger partial charge in [-0.25, -0.2) is 4.68 Å². The Morgan fingerprint density at radius 3 is 2.50 bits per heavy atom. The Morgan fingerprint density at radius 2 is 1.95 bits per heavy atom. The molecule has 0 unspecified atom stereocenters. The van der Waals surface area contributed by atoms with Gasteiger partial charge in [0.25, 0.3) is 0 Å². The summed E-state index contributed by atoms with van der Waals surface area (Å²) in [5, 5.41) is 4.35. The predicted octanol–water partition coefficient (Wildman–Crippen LogP) is 1.69. The Hall–Kier alpha value is -1.18. The van der Waals surface area contributed by atoms with Gasteiger partial charge in [-0.05, 0) is 47.0 Å². The van der Waals surface area contributed by atoms with Crippen LogP contribution in [0.4, 0.5) is 0 Å². The van der Waals surface area contributed by atoms with E-state index in [-0.39, 0.29) is 6.23 Å². The van der Waals surface area contributed by atoms with E-state index < -0.39 is 18.3 Å². The largest absolute Gasteiger partial charge is 0.498 e. The smallest absolute Gasteiger partial charge is 0.399 e. The lowest BCUT2D eigenvalue weighted by Gasteiger charge is -2.32. The lowest BCUT2D eigenvalue weighted by Crippen LogP contribution is -2.41. The Morgan fingerprint density at radius 1 is 1.27 bits per heavy atom. The van der Waals surface area contributed by atoms with Crippen molar-refractivity contribution < 1.29 is 18.8 Å². The normalized spacial score (nSPS) is 27.1. The van der Waals surface area contributed by atoms with Crippen molar-refractivity contribution in [2.24, 2.45) is 0 Å². The molecule has 0 saturated carbocycles. The highest BCUT2D eigenvalue weighted by Crippen LogP contribution is 2.36. The summed E-state index contributed by atoms with van der Waals surface area (Å²) >= 11 is 0. The number of aldehydes is 1. The summed E-state index contributed by atoms with van der Waals surface area (Å²) in [5.41, 5.74) is 0.260. The molecular weight excluding hydrogens is 283 g/mol. The zero-order valence-corrected chi connectivity index (χ0v) is 13.7. The number of rotatable bonds is 3. The number of carbonyl (C=O) groups is 1. The summed E-state index contributed by atoms with van der Waals surface area (Å²) in [6, 6.07) is 0. The van der Waals surface area contributed by atoms with E-state index in [0.29, 0.717) is 17.8 Å². The number of nitrogens with zero attached hydrogens (tertiary/aromatic N) is 2. The second kappa shape index (κ2) is 5.47. The Bertz CT molecular complexity index is 548. The first-order valence-corrected chi connectivity index (χ1v) is 7.85. The van der Waals surface area contributed by atoms with Gasteiger partial charge in [-0.15, -0.1) is 0 Å². The van der Waals surface area contributed by atoms with Gasteiger partial charge in [0.15, 0.2) is 12.5 Å². The van der Waals surface area contributed by atoms with Crippen LogP contribution in [0, 0.1) is 0 Å². The zero-order valence-electron chi connectivity index (χ0n) is 13.7. The van der Waals surface area contributed by atoms with Crippen molar-refractivity contribution in [3.8, 4) is 0 Å². The summed E-state index contributed by atoms with van der Waals surface area (Å²) in [6.07, 6.45) is 5.29. The fourth-order valence-corrected chi connectivity index (χ4v) is 2.80. The molecule has 0 bridgehead atoms. The third-order valence-corrected chi connectivity index (χ3v) is 4.91. The highest BCUT2D eigenvalue weighted by molar-refractivity contribution is 6.63. The molecule has 3 rings (SSSR count). The molecule has 0 radical (unpaired) electrons. The van der Waals surface area contributed by atoms with E-state index in [1.54, 1.807) is 10.9 Å². The molecule has 1 aromatic rings. The molecule has 0 aliphatic carbocycles. The average Bonchev–Trinajstić information content (AvgIpc) is 2.98. The first kappa shape index (κ1) is 15.7. The van der Waals surface area contributed by atoms with Gasteiger partial charge in [0.2, 0.25) is 0 Å². The van der Waals surface area contributed by atoms with Crippen LogP contribution in [-0.2, 0) is 14.0 Å². The molecule has 3 heterocycles. The van der Waals surface area contributed by atoms with Gasteiger partial charge in [-0.1, -0.05) is 0 Å². The van der Waals surface area contributed by atoms with Crippen LogP contribution in [-0.4, -0.2) is 41.0 Å². The van der Waals surface area contributed by atoms with E-state index in [1.807, 2.05) is 27.7 Å². The standard InChI is InChI=1S/C15H23BN2O4/c1-14(2)15(3,4)22-16(21-14)11-9-17-18(12(11)10-19)13-7-5-6-8-20-13/h9-10,13H,5-8H2,1-4H3/t13-/m0/s1. The van der Waals surface area contributed by atoms with Crippen LogP contribution < -0.4 is 5.46 Å². The second-order valence-corrected chi connectivity index (χ2v) is 6.96. The molecule has 22 heavy (non-hydrogen) atoms. The van der Waals surface area contributed by atoms with Crippen molar-refractivity contribution in [3.05, 3.63) is 11.9 Å². The molecule has 1 aromatic heterocycles. The minimum atomic E-state index is -0.581. The van der Waals surface area contributed by atoms with Gasteiger partial charge in [-0.2, -0.15) is 5.10 Å². The third-order valence-electron chi connectivity index (χ3n) is 4.91. The van der Waals surface area contributed by atoms with Crippen LogP contribution >= 0.6 is 0 Å². The molecule has 2 aliphatic heterocycles. The SMILES string of the molecule is CC1(C)OB(c2cnn([C@@H]3CCCCO3)c2C=O)OC1(C)C. The summed E-state index contributed by atoms with van der Waals surface area (Å²) in [5.74, 6) is 0. The number of aromatic nitrogens is 2. The summed E-state index contributed by atoms with van der Waals surface area (Å²) in [6.45, 7) is 8.66. The molecule has 1 atom stereocenters. The van der Waals surface area contributed by atoms with E-state index in [2.05, 4.69) is 5.10 Å². The molecule has 2 aliphatic rings. The maximum absolute atomic E-state index is 11.6.